The molecule has 28 heavy (non-hydrogen) atoms. The Morgan fingerprint density at radius 1 is 1.14 bits per heavy atom. The summed E-state index contributed by atoms with van der Waals surface area (Å²) in [6.45, 7) is 10.3. The predicted molar refractivity (Wildman–Crippen MR) is 108 cm³/mol. The zero-order valence-corrected chi connectivity index (χ0v) is 18.2. The third kappa shape index (κ3) is 6.01. The van der Waals surface area contributed by atoms with Crippen LogP contribution < -0.4 is 0 Å². The number of unbranched alkanes of at least 4 members (excludes halogenated alkanes) is 2. The molecule has 1 fully saturated rings. The van der Waals surface area contributed by atoms with Crippen LogP contribution in [0.4, 0.5) is 0 Å². The third-order valence-corrected chi connectivity index (χ3v) is 5.38. The molecule has 1 aliphatic rings. The molecule has 0 amide bonds. The topological polar surface area (TPSA) is 74.2 Å². The van der Waals surface area contributed by atoms with Gasteiger partial charge in [-0.2, -0.15) is 0 Å². The Balaban J connectivity index is 3.01. The van der Waals surface area contributed by atoms with Crippen molar-refractivity contribution in [1.82, 2.24) is 0 Å². The second kappa shape index (κ2) is 12.6. The van der Waals surface area contributed by atoms with Crippen molar-refractivity contribution in [2.45, 2.75) is 90.4 Å². The first kappa shape index (κ1) is 25.1. The summed E-state index contributed by atoms with van der Waals surface area (Å²) in [5.41, 5.74) is -3.25. The number of rotatable bonds is 13. The lowest BCUT2D eigenvalue weighted by Gasteiger charge is -2.51. The second-order valence-corrected chi connectivity index (χ2v) is 7.53. The SMILES string of the molecule is CC#CC1(O)C(OCOCCCC)C(C)CCC1(OCOCCCC)C(C)=O. The van der Waals surface area contributed by atoms with Gasteiger partial charge in [0.15, 0.2) is 17.0 Å². The van der Waals surface area contributed by atoms with E-state index in [1.54, 1.807) is 6.92 Å². The fraction of sp³-hybridized carbons (Fsp3) is 0.864. The van der Waals surface area contributed by atoms with E-state index in [1.165, 1.54) is 6.92 Å². The first-order valence-corrected chi connectivity index (χ1v) is 10.5. The van der Waals surface area contributed by atoms with Crippen LogP contribution in [0.1, 0.15) is 73.1 Å². The molecule has 0 bridgehead atoms. The molecular formula is C22H38O6. The monoisotopic (exact) mass is 398 g/mol. The highest BCUT2D eigenvalue weighted by molar-refractivity contribution is 5.88. The summed E-state index contributed by atoms with van der Waals surface area (Å²) in [7, 11) is 0. The van der Waals surface area contributed by atoms with Crippen LogP contribution in [0.2, 0.25) is 0 Å². The van der Waals surface area contributed by atoms with E-state index in [4.69, 9.17) is 18.9 Å². The Morgan fingerprint density at radius 2 is 1.75 bits per heavy atom. The van der Waals surface area contributed by atoms with Crippen LogP contribution in [0.5, 0.6) is 0 Å². The molecule has 6 heteroatoms. The van der Waals surface area contributed by atoms with Gasteiger partial charge in [0.25, 0.3) is 0 Å². The molecule has 0 saturated heterocycles. The van der Waals surface area contributed by atoms with Crippen molar-refractivity contribution in [3.8, 4) is 11.8 Å². The van der Waals surface area contributed by atoms with Crippen LogP contribution in [-0.2, 0) is 23.7 Å². The van der Waals surface area contributed by atoms with Gasteiger partial charge in [-0.1, -0.05) is 39.5 Å². The number of ether oxygens (including phenoxy) is 4. The first-order chi connectivity index (χ1) is 13.4. The molecule has 0 aliphatic heterocycles. The summed E-state index contributed by atoms with van der Waals surface area (Å²) in [6, 6.07) is 0. The molecule has 162 valence electrons. The van der Waals surface area contributed by atoms with Gasteiger partial charge in [0, 0.05) is 13.2 Å². The minimum atomic E-state index is -1.77. The molecule has 0 aromatic heterocycles. The highest BCUT2D eigenvalue weighted by atomic mass is 16.7. The lowest BCUT2D eigenvalue weighted by molar-refractivity contribution is -0.265. The lowest BCUT2D eigenvalue weighted by atomic mass is 9.64. The van der Waals surface area contributed by atoms with Crippen molar-refractivity contribution in [3.63, 3.8) is 0 Å². The van der Waals surface area contributed by atoms with E-state index in [2.05, 4.69) is 25.7 Å². The van der Waals surface area contributed by atoms with Gasteiger partial charge in [-0.3, -0.25) is 4.79 Å². The molecule has 0 heterocycles. The Hall–Kier alpha value is -0.970. The molecule has 6 nitrogen and oxygen atoms in total. The van der Waals surface area contributed by atoms with Gasteiger partial charge in [0.05, 0.1) is 0 Å². The molecule has 1 N–H and O–H groups in total. The van der Waals surface area contributed by atoms with Crippen LogP contribution in [0.25, 0.3) is 0 Å². The average Bonchev–Trinajstić information content (AvgIpc) is 2.65. The summed E-state index contributed by atoms with van der Waals surface area (Å²) in [6.07, 6.45) is 4.23. The number of carbonyl (C=O) groups excluding carboxylic acids is 1. The van der Waals surface area contributed by atoms with Crippen LogP contribution in [0, 0.1) is 17.8 Å². The molecule has 1 rings (SSSR count). The van der Waals surface area contributed by atoms with E-state index >= 15 is 0 Å². The Morgan fingerprint density at radius 3 is 2.29 bits per heavy atom. The number of hydrogen-bond acceptors (Lipinski definition) is 6. The van der Waals surface area contributed by atoms with E-state index in [-0.39, 0.29) is 25.3 Å². The van der Waals surface area contributed by atoms with Crippen molar-refractivity contribution < 1.29 is 28.8 Å². The highest BCUT2D eigenvalue weighted by Gasteiger charge is 2.63. The fourth-order valence-corrected chi connectivity index (χ4v) is 3.66. The van der Waals surface area contributed by atoms with Crippen LogP contribution in [-0.4, -0.2) is 55.0 Å². The molecule has 1 aliphatic carbocycles. The summed E-state index contributed by atoms with van der Waals surface area (Å²) in [5, 5.41) is 11.6. The van der Waals surface area contributed by atoms with Crippen molar-refractivity contribution in [1.29, 1.82) is 0 Å². The fourth-order valence-electron chi connectivity index (χ4n) is 3.66. The van der Waals surface area contributed by atoms with Crippen LogP contribution in [0.15, 0.2) is 0 Å². The molecule has 4 atom stereocenters. The van der Waals surface area contributed by atoms with Crippen molar-refractivity contribution in [2.75, 3.05) is 26.8 Å². The molecule has 0 spiro atoms. The van der Waals surface area contributed by atoms with Crippen molar-refractivity contribution in [2.24, 2.45) is 5.92 Å². The summed E-state index contributed by atoms with van der Waals surface area (Å²) >= 11 is 0. The van der Waals surface area contributed by atoms with Gasteiger partial charge in [-0.05, 0) is 45.4 Å². The summed E-state index contributed by atoms with van der Waals surface area (Å²) in [5.74, 6) is 5.33. The van der Waals surface area contributed by atoms with Gasteiger partial charge >= 0.3 is 0 Å². The number of aliphatic hydroxyl groups is 1. The average molecular weight is 399 g/mol. The van der Waals surface area contributed by atoms with Gasteiger partial charge in [-0.25, -0.2) is 0 Å². The lowest BCUT2D eigenvalue weighted by Crippen LogP contribution is -2.70. The van der Waals surface area contributed by atoms with E-state index in [0.29, 0.717) is 26.1 Å². The third-order valence-electron chi connectivity index (χ3n) is 5.38. The predicted octanol–water partition coefficient (Wildman–Crippen LogP) is 3.45. The minimum absolute atomic E-state index is 0.00212. The maximum atomic E-state index is 12.7. The summed E-state index contributed by atoms with van der Waals surface area (Å²) in [4.78, 5) is 12.7. The Labute approximate surface area is 170 Å². The standard InChI is InChI=1S/C22H38O6/c1-6-9-14-25-16-27-20-18(4)11-13-22(19(5)23,21(20,24)12-8-3)28-17-26-15-10-7-2/h18,20,24H,6-7,9-11,13-17H2,1-5H3. The smallest absolute Gasteiger partial charge is 0.188 e. The normalized spacial score (nSPS) is 29.9. The highest BCUT2D eigenvalue weighted by Crippen LogP contribution is 2.45. The second-order valence-electron chi connectivity index (χ2n) is 7.53. The van der Waals surface area contributed by atoms with E-state index in [9.17, 15) is 9.90 Å². The largest absolute Gasteiger partial charge is 0.372 e. The minimum Gasteiger partial charge on any atom is -0.372 e. The zero-order chi connectivity index (χ0) is 21.0. The quantitative estimate of drug-likeness (QED) is 0.291. The van der Waals surface area contributed by atoms with E-state index in [1.807, 2.05) is 6.92 Å². The molecule has 4 unspecified atom stereocenters. The Bertz CT molecular complexity index is 525. The maximum Gasteiger partial charge on any atom is 0.188 e. The van der Waals surface area contributed by atoms with Gasteiger partial charge in [0.2, 0.25) is 0 Å². The molecular weight excluding hydrogens is 360 g/mol. The zero-order valence-electron chi connectivity index (χ0n) is 18.2. The van der Waals surface area contributed by atoms with Crippen molar-refractivity contribution in [3.05, 3.63) is 0 Å². The van der Waals surface area contributed by atoms with E-state index in [0.717, 1.165) is 25.7 Å². The molecule has 0 radical (unpaired) electrons. The van der Waals surface area contributed by atoms with Gasteiger partial charge < -0.3 is 24.1 Å². The van der Waals surface area contributed by atoms with Crippen LogP contribution >= 0.6 is 0 Å². The van der Waals surface area contributed by atoms with Gasteiger partial charge in [0.1, 0.15) is 19.7 Å². The van der Waals surface area contributed by atoms with Crippen LogP contribution in [0.3, 0.4) is 0 Å². The number of hydrogen-bond donors (Lipinski definition) is 1. The van der Waals surface area contributed by atoms with Gasteiger partial charge in [-0.15, -0.1) is 5.92 Å². The molecule has 1 saturated carbocycles. The van der Waals surface area contributed by atoms with E-state index < -0.39 is 17.3 Å². The van der Waals surface area contributed by atoms with Crippen molar-refractivity contribution >= 4 is 5.78 Å². The number of Topliss-reactive ketones (excluding diaryl/α,β-unsaturated/α-hetero) is 1. The molecule has 0 aromatic carbocycles. The number of carbonyl (C=O) groups is 1. The summed E-state index contributed by atoms with van der Waals surface area (Å²) < 4.78 is 22.9. The molecule has 0 aromatic rings. The Kier molecular flexibility index (Phi) is 11.2. The number of ketones is 1. The first-order valence-electron chi connectivity index (χ1n) is 10.5. The maximum absolute atomic E-state index is 12.7.